The minimum atomic E-state index is -0.0355. The van der Waals surface area contributed by atoms with E-state index in [0.717, 1.165) is 24.1 Å². The Bertz CT molecular complexity index is 1010. The van der Waals surface area contributed by atoms with Crippen LogP contribution < -0.4 is 0 Å². The Balaban J connectivity index is 1.72. The van der Waals surface area contributed by atoms with Crippen molar-refractivity contribution in [2.75, 3.05) is 26.3 Å². The maximum absolute atomic E-state index is 12.9. The molecule has 0 spiro atoms. The van der Waals surface area contributed by atoms with Crippen LogP contribution in [0.1, 0.15) is 16.2 Å². The van der Waals surface area contributed by atoms with Gasteiger partial charge in [-0.2, -0.15) is 0 Å². The fraction of sp³-hybridized carbons (Fsp3) is 0.250. The molecule has 1 aromatic heterocycles. The Hall–Kier alpha value is -2.28. The summed E-state index contributed by atoms with van der Waals surface area (Å²) >= 11 is 11.8. The molecule has 0 aliphatic carbocycles. The minimum absolute atomic E-state index is 0.0355. The number of morpholine rings is 1. The number of aromatic nitrogens is 2. The normalized spacial score (nSPS) is 14.5. The van der Waals surface area contributed by atoms with E-state index in [4.69, 9.17) is 33.5 Å². The molecule has 1 saturated heterocycles. The van der Waals surface area contributed by atoms with E-state index < -0.39 is 0 Å². The van der Waals surface area contributed by atoms with Gasteiger partial charge in [0.2, 0.25) is 0 Å². The maximum Gasteiger partial charge on any atom is 0.182 e. The summed E-state index contributed by atoms with van der Waals surface area (Å²) in [5.41, 5.74) is 2.28. The molecular formula is C20H18ClN3O2S. The molecule has 1 fully saturated rings. The molecule has 0 radical (unpaired) electrons. The van der Waals surface area contributed by atoms with Gasteiger partial charge >= 0.3 is 0 Å². The molecular weight excluding hydrogens is 382 g/mol. The highest BCUT2D eigenvalue weighted by molar-refractivity contribution is 7.80. The van der Waals surface area contributed by atoms with Gasteiger partial charge in [-0.05, 0) is 24.3 Å². The zero-order chi connectivity index (χ0) is 18.8. The monoisotopic (exact) mass is 399 g/mol. The van der Waals surface area contributed by atoms with Gasteiger partial charge in [-0.15, -0.1) is 0 Å². The van der Waals surface area contributed by atoms with Crippen LogP contribution in [0.5, 0.6) is 0 Å². The number of halogens is 1. The fourth-order valence-electron chi connectivity index (χ4n) is 3.20. The highest BCUT2D eigenvalue weighted by Gasteiger charge is 2.22. The number of carbonyl (C=O) groups is 1. The summed E-state index contributed by atoms with van der Waals surface area (Å²) in [6, 6.07) is 14.7. The number of ketones is 1. The summed E-state index contributed by atoms with van der Waals surface area (Å²) in [5, 5.41) is 0.542. The zero-order valence-electron chi connectivity index (χ0n) is 14.6. The number of imidazole rings is 1. The molecule has 0 unspecified atom stereocenters. The third-order valence-corrected chi connectivity index (χ3v) is 5.27. The summed E-state index contributed by atoms with van der Waals surface area (Å²) in [5.74, 6) is 0.607. The predicted octanol–water partition coefficient (Wildman–Crippen LogP) is 3.58. The molecule has 4 rings (SSSR count). The van der Waals surface area contributed by atoms with Gasteiger partial charge in [0.25, 0.3) is 0 Å². The lowest BCUT2D eigenvalue weighted by atomic mass is 10.1. The quantitative estimate of drug-likeness (QED) is 0.495. The molecule has 0 bridgehead atoms. The summed E-state index contributed by atoms with van der Waals surface area (Å²) in [6.07, 6.45) is 0. The van der Waals surface area contributed by atoms with Crippen molar-refractivity contribution in [1.82, 2.24) is 14.5 Å². The van der Waals surface area contributed by atoms with Gasteiger partial charge in [-0.25, -0.2) is 4.98 Å². The van der Waals surface area contributed by atoms with Crippen LogP contribution in [0.4, 0.5) is 0 Å². The second kappa shape index (κ2) is 7.76. The number of hydrogen-bond donors (Lipinski definition) is 0. The van der Waals surface area contributed by atoms with E-state index in [2.05, 4.69) is 4.90 Å². The first-order chi connectivity index (χ1) is 13.1. The van der Waals surface area contributed by atoms with Crippen molar-refractivity contribution in [2.24, 2.45) is 0 Å². The van der Waals surface area contributed by atoms with Gasteiger partial charge in [0.1, 0.15) is 4.99 Å². The number of rotatable bonds is 4. The van der Waals surface area contributed by atoms with Crippen molar-refractivity contribution in [3.8, 4) is 0 Å². The van der Waals surface area contributed by atoms with E-state index in [1.54, 1.807) is 24.3 Å². The summed E-state index contributed by atoms with van der Waals surface area (Å²) in [7, 11) is 0. The molecule has 5 nitrogen and oxygen atoms in total. The van der Waals surface area contributed by atoms with Crippen LogP contribution in [0.3, 0.4) is 0 Å². The third kappa shape index (κ3) is 3.74. The lowest BCUT2D eigenvalue weighted by Gasteiger charge is -2.28. The van der Waals surface area contributed by atoms with Crippen molar-refractivity contribution in [3.63, 3.8) is 0 Å². The second-order valence-electron chi connectivity index (χ2n) is 6.35. The van der Waals surface area contributed by atoms with Gasteiger partial charge in [-0.1, -0.05) is 48.1 Å². The molecule has 3 aromatic rings. The van der Waals surface area contributed by atoms with Crippen LogP contribution >= 0.6 is 23.8 Å². The van der Waals surface area contributed by atoms with Crippen LogP contribution in [-0.4, -0.2) is 51.5 Å². The first-order valence-corrected chi connectivity index (χ1v) is 9.53. The van der Waals surface area contributed by atoms with Crippen LogP contribution in [0.25, 0.3) is 11.0 Å². The van der Waals surface area contributed by atoms with Gasteiger partial charge in [0.15, 0.2) is 11.6 Å². The van der Waals surface area contributed by atoms with E-state index in [1.165, 1.54) is 0 Å². The lowest BCUT2D eigenvalue weighted by molar-refractivity contribution is 0.0690. The number of ether oxygens (including phenoxy) is 1. The highest BCUT2D eigenvalue weighted by atomic mass is 35.5. The second-order valence-corrected chi connectivity index (χ2v) is 7.17. The van der Waals surface area contributed by atoms with Crippen molar-refractivity contribution in [2.45, 2.75) is 6.54 Å². The first-order valence-electron chi connectivity index (χ1n) is 8.74. The van der Waals surface area contributed by atoms with Crippen molar-refractivity contribution >= 4 is 45.6 Å². The smallest absolute Gasteiger partial charge is 0.182 e. The lowest BCUT2D eigenvalue weighted by Crippen LogP contribution is -2.41. The molecule has 0 atom stereocenters. The molecule has 7 heteroatoms. The SMILES string of the molecule is O=C(Cn1c(C(=S)N2CCOCC2)nc2ccccc21)c1cccc(Cl)c1. The molecule has 2 aromatic carbocycles. The molecule has 0 saturated carbocycles. The number of carbonyl (C=O) groups excluding carboxylic acids is 1. The van der Waals surface area contributed by atoms with Gasteiger partial charge in [0, 0.05) is 23.7 Å². The summed E-state index contributed by atoms with van der Waals surface area (Å²) in [6.45, 7) is 2.89. The maximum atomic E-state index is 12.9. The summed E-state index contributed by atoms with van der Waals surface area (Å²) < 4.78 is 7.31. The number of thiocarbonyl (C=S) groups is 1. The molecule has 0 amide bonds. The first kappa shape index (κ1) is 18.1. The standard InChI is InChI=1S/C20H18ClN3O2S/c21-15-5-3-4-14(12-15)18(25)13-24-17-7-2-1-6-16(17)22-19(24)20(27)23-8-10-26-11-9-23/h1-7,12H,8-11,13H2. The number of Topliss-reactive ketones (excluding diaryl/α,β-unsaturated/α-hetero) is 1. The van der Waals surface area contributed by atoms with Crippen molar-refractivity contribution in [1.29, 1.82) is 0 Å². The average molecular weight is 400 g/mol. The Labute approximate surface area is 167 Å². The average Bonchev–Trinajstić information content (AvgIpc) is 3.06. The van der Waals surface area contributed by atoms with Gasteiger partial charge < -0.3 is 14.2 Å². The Morgan fingerprint density at radius 1 is 1.15 bits per heavy atom. The van der Waals surface area contributed by atoms with E-state index in [9.17, 15) is 4.79 Å². The Morgan fingerprint density at radius 2 is 1.93 bits per heavy atom. The molecule has 1 aliphatic heterocycles. The molecule has 0 N–H and O–H groups in total. The van der Waals surface area contributed by atoms with E-state index in [-0.39, 0.29) is 12.3 Å². The number of para-hydroxylation sites is 2. The van der Waals surface area contributed by atoms with Crippen molar-refractivity contribution < 1.29 is 9.53 Å². The van der Waals surface area contributed by atoms with E-state index >= 15 is 0 Å². The molecule has 2 heterocycles. The zero-order valence-corrected chi connectivity index (χ0v) is 16.2. The van der Waals surface area contributed by atoms with Crippen LogP contribution in [0.2, 0.25) is 5.02 Å². The highest BCUT2D eigenvalue weighted by Crippen LogP contribution is 2.20. The number of fused-ring (bicyclic) bond motifs is 1. The molecule has 1 aliphatic rings. The summed E-state index contributed by atoms with van der Waals surface area (Å²) in [4.78, 5) is 20.3. The van der Waals surface area contributed by atoms with Crippen LogP contribution in [-0.2, 0) is 11.3 Å². The van der Waals surface area contributed by atoms with Gasteiger partial charge in [-0.3, -0.25) is 4.79 Å². The van der Waals surface area contributed by atoms with Crippen LogP contribution in [0, 0.1) is 0 Å². The van der Waals surface area contributed by atoms with Crippen LogP contribution in [0.15, 0.2) is 48.5 Å². The Morgan fingerprint density at radius 3 is 2.70 bits per heavy atom. The topological polar surface area (TPSA) is 47.4 Å². The van der Waals surface area contributed by atoms with Gasteiger partial charge in [0.05, 0.1) is 30.8 Å². The predicted molar refractivity (Wildman–Crippen MR) is 110 cm³/mol. The largest absolute Gasteiger partial charge is 0.378 e. The number of benzene rings is 2. The third-order valence-electron chi connectivity index (χ3n) is 4.59. The molecule has 138 valence electrons. The van der Waals surface area contributed by atoms with E-state index in [1.807, 2.05) is 28.8 Å². The number of hydrogen-bond acceptors (Lipinski definition) is 4. The van der Waals surface area contributed by atoms with E-state index in [0.29, 0.717) is 34.6 Å². The Kier molecular flexibility index (Phi) is 5.20. The van der Waals surface area contributed by atoms with Crippen molar-refractivity contribution in [3.05, 3.63) is 64.9 Å². The molecule has 27 heavy (non-hydrogen) atoms. The minimum Gasteiger partial charge on any atom is -0.378 e. The fourth-order valence-corrected chi connectivity index (χ4v) is 3.73. The number of nitrogens with zero attached hydrogens (tertiary/aromatic N) is 3.